The molecule has 122 valence electrons. The van der Waals surface area contributed by atoms with Crippen LogP contribution in [-0.2, 0) is 11.2 Å². The summed E-state index contributed by atoms with van der Waals surface area (Å²) in [6, 6.07) is 10.1. The number of amides is 1. The number of hydrogen-bond acceptors (Lipinski definition) is 3. The van der Waals surface area contributed by atoms with Crippen LogP contribution in [0.4, 0.5) is 0 Å². The molecule has 2 aromatic rings. The Morgan fingerprint density at radius 3 is 3.09 bits per heavy atom. The molecule has 0 fully saturated rings. The van der Waals surface area contributed by atoms with Crippen LogP contribution in [0, 0.1) is 0 Å². The molecule has 0 bridgehead atoms. The lowest BCUT2D eigenvalue weighted by molar-refractivity contribution is -0.134. The van der Waals surface area contributed by atoms with Crippen molar-refractivity contribution in [1.29, 1.82) is 0 Å². The van der Waals surface area contributed by atoms with E-state index in [0.29, 0.717) is 13.0 Å². The Hall–Kier alpha value is -1.33. The van der Waals surface area contributed by atoms with Crippen LogP contribution >= 0.6 is 27.3 Å². The first-order chi connectivity index (χ1) is 11.2. The van der Waals surface area contributed by atoms with E-state index in [4.69, 9.17) is 4.74 Å². The van der Waals surface area contributed by atoms with Crippen LogP contribution in [-0.4, -0.2) is 24.0 Å². The average Bonchev–Trinajstić information content (AvgIpc) is 3.02. The van der Waals surface area contributed by atoms with Gasteiger partial charge in [-0.3, -0.25) is 4.79 Å². The maximum absolute atomic E-state index is 12.6. The molecule has 0 saturated carbocycles. The number of rotatable bonds is 5. The molecule has 1 aromatic carbocycles. The first-order valence-corrected chi connectivity index (χ1v) is 9.60. The van der Waals surface area contributed by atoms with Gasteiger partial charge in [0.1, 0.15) is 5.75 Å². The van der Waals surface area contributed by atoms with Gasteiger partial charge in [-0.25, -0.2) is 0 Å². The Bertz CT molecular complexity index is 685. The average molecular weight is 394 g/mol. The van der Waals surface area contributed by atoms with Crippen molar-refractivity contribution < 1.29 is 9.53 Å². The highest BCUT2D eigenvalue weighted by Crippen LogP contribution is 2.35. The molecule has 0 N–H and O–H groups in total. The summed E-state index contributed by atoms with van der Waals surface area (Å²) in [5.41, 5.74) is 1.34. The van der Waals surface area contributed by atoms with Crippen LogP contribution in [0.5, 0.6) is 5.75 Å². The molecule has 1 amide bonds. The number of benzene rings is 1. The molecule has 1 aromatic heterocycles. The monoisotopic (exact) mass is 393 g/mol. The van der Waals surface area contributed by atoms with Crippen molar-refractivity contribution in [2.45, 2.75) is 32.2 Å². The summed E-state index contributed by atoms with van der Waals surface area (Å²) in [4.78, 5) is 16.1. The molecule has 23 heavy (non-hydrogen) atoms. The molecule has 3 nitrogen and oxygen atoms in total. The van der Waals surface area contributed by atoms with Crippen molar-refractivity contribution in [1.82, 2.24) is 4.90 Å². The third kappa shape index (κ3) is 3.78. The van der Waals surface area contributed by atoms with E-state index in [1.807, 2.05) is 40.5 Å². The molecular formula is C18H20BrNO2S. The number of hydrogen-bond donors (Lipinski definition) is 0. The molecule has 0 radical (unpaired) electrons. The Morgan fingerprint density at radius 1 is 1.43 bits per heavy atom. The number of halogens is 1. The summed E-state index contributed by atoms with van der Waals surface area (Å²) in [6.07, 6.45) is 2.35. The minimum atomic E-state index is 0.184. The van der Waals surface area contributed by atoms with E-state index in [0.717, 1.165) is 29.6 Å². The molecule has 0 spiro atoms. The van der Waals surface area contributed by atoms with Crippen LogP contribution in [0.1, 0.15) is 36.2 Å². The second kappa shape index (κ2) is 7.49. The summed E-state index contributed by atoms with van der Waals surface area (Å²) in [6.45, 7) is 3.39. The number of carbonyl (C=O) groups excluding carboxylic acids is 1. The molecular weight excluding hydrogens is 374 g/mol. The summed E-state index contributed by atoms with van der Waals surface area (Å²) in [7, 11) is 0. The number of ether oxygens (including phenoxy) is 1. The zero-order valence-corrected chi connectivity index (χ0v) is 15.5. The van der Waals surface area contributed by atoms with Gasteiger partial charge in [0.2, 0.25) is 5.91 Å². The lowest BCUT2D eigenvalue weighted by atomic mass is 9.97. The van der Waals surface area contributed by atoms with E-state index < -0.39 is 0 Å². The Balaban J connectivity index is 1.58. The zero-order chi connectivity index (χ0) is 16.2. The molecule has 0 aliphatic carbocycles. The second-order valence-corrected chi connectivity index (χ2v) is 7.53. The topological polar surface area (TPSA) is 29.5 Å². The van der Waals surface area contributed by atoms with Crippen LogP contribution in [0.15, 0.2) is 40.2 Å². The van der Waals surface area contributed by atoms with Crippen molar-refractivity contribution in [2.24, 2.45) is 0 Å². The van der Waals surface area contributed by atoms with E-state index >= 15 is 0 Å². The number of fused-ring (bicyclic) bond motifs is 1. The van der Waals surface area contributed by atoms with Gasteiger partial charge in [0.25, 0.3) is 0 Å². The van der Waals surface area contributed by atoms with E-state index in [-0.39, 0.29) is 11.9 Å². The highest BCUT2D eigenvalue weighted by molar-refractivity contribution is 9.10. The fraction of sp³-hybridized carbons (Fsp3) is 0.389. The first kappa shape index (κ1) is 16.5. The van der Waals surface area contributed by atoms with Crippen molar-refractivity contribution in [3.63, 3.8) is 0 Å². The van der Waals surface area contributed by atoms with Gasteiger partial charge < -0.3 is 9.64 Å². The number of thiophene rings is 1. The maximum Gasteiger partial charge on any atom is 0.226 e. The van der Waals surface area contributed by atoms with Gasteiger partial charge in [-0.05, 0) is 48.1 Å². The Labute approximate surface area is 149 Å². The SMILES string of the molecule is CCC1c2ccsc2CCN1C(=O)CCOc1cccc(Br)c1. The molecule has 1 aliphatic heterocycles. The van der Waals surface area contributed by atoms with E-state index in [1.54, 1.807) is 0 Å². The van der Waals surface area contributed by atoms with Crippen molar-refractivity contribution in [3.8, 4) is 5.75 Å². The highest BCUT2D eigenvalue weighted by Gasteiger charge is 2.29. The number of carbonyl (C=O) groups is 1. The van der Waals surface area contributed by atoms with Gasteiger partial charge in [0.05, 0.1) is 19.1 Å². The fourth-order valence-corrected chi connectivity index (χ4v) is 4.40. The summed E-state index contributed by atoms with van der Waals surface area (Å²) < 4.78 is 6.68. The van der Waals surface area contributed by atoms with Gasteiger partial charge >= 0.3 is 0 Å². The minimum Gasteiger partial charge on any atom is -0.493 e. The van der Waals surface area contributed by atoms with Gasteiger partial charge in [-0.1, -0.05) is 28.9 Å². The standard InChI is InChI=1S/C18H20BrNO2S/c1-2-16-15-8-11-23-17(15)6-9-20(16)18(21)7-10-22-14-5-3-4-13(19)12-14/h3-5,8,11-12,16H,2,6-7,9-10H2,1H3. The quantitative estimate of drug-likeness (QED) is 0.728. The van der Waals surface area contributed by atoms with Crippen molar-refractivity contribution in [3.05, 3.63) is 50.6 Å². The Morgan fingerprint density at radius 2 is 2.30 bits per heavy atom. The van der Waals surface area contributed by atoms with Gasteiger partial charge in [-0.15, -0.1) is 11.3 Å². The van der Waals surface area contributed by atoms with Gasteiger partial charge in [0, 0.05) is 15.9 Å². The summed E-state index contributed by atoms with van der Waals surface area (Å²) >= 11 is 5.23. The second-order valence-electron chi connectivity index (χ2n) is 5.62. The Kier molecular flexibility index (Phi) is 5.38. The van der Waals surface area contributed by atoms with Gasteiger partial charge in [0.15, 0.2) is 0 Å². The highest BCUT2D eigenvalue weighted by atomic mass is 79.9. The predicted molar refractivity (Wildman–Crippen MR) is 97.0 cm³/mol. The lowest BCUT2D eigenvalue weighted by Crippen LogP contribution is -2.39. The molecule has 2 heterocycles. The van der Waals surface area contributed by atoms with Crippen LogP contribution in [0.3, 0.4) is 0 Å². The van der Waals surface area contributed by atoms with Crippen LogP contribution in [0.2, 0.25) is 0 Å². The lowest BCUT2D eigenvalue weighted by Gasteiger charge is -2.35. The van der Waals surface area contributed by atoms with E-state index in [2.05, 4.69) is 34.3 Å². The van der Waals surface area contributed by atoms with E-state index in [1.165, 1.54) is 10.4 Å². The summed E-state index contributed by atoms with van der Waals surface area (Å²) in [5, 5.41) is 2.14. The molecule has 1 aliphatic rings. The normalized spacial score (nSPS) is 17.0. The number of nitrogens with zero attached hydrogens (tertiary/aromatic N) is 1. The maximum atomic E-state index is 12.6. The molecule has 1 unspecified atom stereocenters. The summed E-state index contributed by atoms with van der Waals surface area (Å²) in [5.74, 6) is 0.974. The fourth-order valence-electron chi connectivity index (χ4n) is 3.09. The van der Waals surface area contributed by atoms with Crippen molar-refractivity contribution >= 4 is 33.2 Å². The third-order valence-corrected chi connectivity index (χ3v) is 5.67. The third-order valence-electron chi connectivity index (χ3n) is 4.18. The van der Waals surface area contributed by atoms with Crippen LogP contribution in [0.25, 0.3) is 0 Å². The first-order valence-electron chi connectivity index (χ1n) is 7.93. The van der Waals surface area contributed by atoms with Gasteiger partial charge in [-0.2, -0.15) is 0 Å². The largest absolute Gasteiger partial charge is 0.493 e. The van der Waals surface area contributed by atoms with Crippen molar-refractivity contribution in [2.75, 3.05) is 13.2 Å². The molecule has 0 saturated heterocycles. The van der Waals surface area contributed by atoms with Crippen LogP contribution < -0.4 is 4.74 Å². The molecule has 1 atom stereocenters. The predicted octanol–water partition coefficient (Wildman–Crippen LogP) is 4.82. The molecule has 5 heteroatoms. The van der Waals surface area contributed by atoms with E-state index in [9.17, 15) is 4.79 Å². The smallest absolute Gasteiger partial charge is 0.226 e. The zero-order valence-electron chi connectivity index (χ0n) is 13.1. The molecule has 3 rings (SSSR count). The minimum absolute atomic E-state index is 0.184.